The molecule has 1 fully saturated rings. The summed E-state index contributed by atoms with van der Waals surface area (Å²) in [6.45, 7) is 4.89. The number of aliphatic imine (C=N–C) groups is 1. The lowest BCUT2D eigenvalue weighted by atomic mass is 9.89. The molecule has 7 nitrogen and oxygen atoms in total. The number of amides is 1. The number of carbonyl (C=O) groups is 1. The third kappa shape index (κ3) is 5.17. The van der Waals surface area contributed by atoms with Gasteiger partial charge in [-0.1, -0.05) is 12.1 Å². The van der Waals surface area contributed by atoms with Crippen molar-refractivity contribution in [1.82, 2.24) is 10.4 Å². The molecule has 0 bridgehead atoms. The van der Waals surface area contributed by atoms with E-state index < -0.39 is 11.9 Å². The molecule has 0 radical (unpaired) electrons. The number of amidine groups is 1. The molecule has 2 heterocycles. The number of hydroxylamine groups is 2. The van der Waals surface area contributed by atoms with Crippen LogP contribution in [0.3, 0.4) is 0 Å². The Morgan fingerprint density at radius 3 is 2.47 bits per heavy atom. The van der Waals surface area contributed by atoms with E-state index >= 15 is 0 Å². The Hall–Kier alpha value is -3.53. The maximum atomic E-state index is 12.7. The molecule has 0 aromatic heterocycles. The lowest BCUT2D eigenvalue weighted by molar-refractivity contribution is -0.274. The molecule has 0 atom stereocenters. The smallest absolute Gasteiger partial charge is 0.414 e. The van der Waals surface area contributed by atoms with E-state index in [4.69, 9.17) is 10.6 Å². The van der Waals surface area contributed by atoms with Crippen LogP contribution in [0.25, 0.3) is 6.08 Å². The topological polar surface area (TPSA) is 89.2 Å². The van der Waals surface area contributed by atoms with Crippen molar-refractivity contribution < 1.29 is 27.5 Å². The van der Waals surface area contributed by atoms with E-state index in [1.165, 1.54) is 18.2 Å². The second kappa shape index (κ2) is 9.02. The molecule has 1 spiro atoms. The summed E-state index contributed by atoms with van der Waals surface area (Å²) in [4.78, 5) is 23.1. The number of piperidine rings is 1. The number of nitrogens with zero attached hydrogens (tertiary/aromatic N) is 2. The summed E-state index contributed by atoms with van der Waals surface area (Å²) in [5.41, 5.74) is 9.08. The van der Waals surface area contributed by atoms with Crippen molar-refractivity contribution in [2.45, 2.75) is 38.6 Å². The Kier molecular flexibility index (Phi) is 6.26. The number of nitrogens with one attached hydrogen (secondary N) is 1. The van der Waals surface area contributed by atoms with E-state index in [1.807, 2.05) is 32.1 Å². The fourth-order valence-electron chi connectivity index (χ4n) is 4.25. The molecular weight excluding hydrogens is 449 g/mol. The third-order valence-corrected chi connectivity index (χ3v) is 5.93. The Balaban J connectivity index is 1.40. The number of hydrogen-bond acceptors (Lipinski definition) is 6. The van der Waals surface area contributed by atoms with Gasteiger partial charge < -0.3 is 20.6 Å². The SMILES string of the molecule is Cc1cc(N)cc(C)c1/C=C/ON1CCC2(CC1)N=C(c1cccc(OC(F)(F)F)c1)NC2=O. The number of anilines is 1. The standard InChI is InChI=1S/C24H25F3N4O3/c1-15-12-18(28)13-16(2)20(15)6-11-33-31-9-7-23(8-10-31)22(32)29-21(30-23)17-4-3-5-19(14-17)34-24(25,26)27/h3-6,11-14H,7-10,28H2,1-2H3,(H,29,30,32)/b11-6+. The maximum Gasteiger partial charge on any atom is 0.573 e. The van der Waals surface area contributed by atoms with E-state index in [2.05, 4.69) is 15.0 Å². The number of rotatable bonds is 5. The van der Waals surface area contributed by atoms with Crippen molar-refractivity contribution in [3.63, 3.8) is 0 Å². The number of hydrogen-bond donors (Lipinski definition) is 2. The number of halogens is 3. The lowest BCUT2D eigenvalue weighted by Crippen LogP contribution is -2.48. The van der Waals surface area contributed by atoms with Crippen LogP contribution in [-0.4, -0.2) is 41.8 Å². The zero-order chi connectivity index (χ0) is 24.5. The molecule has 2 aromatic rings. The molecular formula is C24H25F3N4O3. The van der Waals surface area contributed by atoms with Crippen LogP contribution in [0, 0.1) is 13.8 Å². The minimum Gasteiger partial charge on any atom is -0.414 e. The molecule has 2 aromatic carbocycles. The van der Waals surface area contributed by atoms with Crippen molar-refractivity contribution in [3.8, 4) is 5.75 Å². The summed E-state index contributed by atoms with van der Waals surface area (Å²) in [5.74, 6) is -0.404. The van der Waals surface area contributed by atoms with Crippen LogP contribution >= 0.6 is 0 Å². The Morgan fingerprint density at radius 1 is 1.15 bits per heavy atom. The second-order valence-corrected chi connectivity index (χ2v) is 8.43. The summed E-state index contributed by atoms with van der Waals surface area (Å²) < 4.78 is 41.5. The number of aryl methyl sites for hydroxylation is 2. The molecule has 0 unspecified atom stereocenters. The first-order valence-electron chi connectivity index (χ1n) is 10.8. The van der Waals surface area contributed by atoms with Gasteiger partial charge in [-0.05, 0) is 73.7 Å². The van der Waals surface area contributed by atoms with Crippen LogP contribution in [0.2, 0.25) is 0 Å². The van der Waals surface area contributed by atoms with E-state index in [0.717, 1.165) is 16.7 Å². The van der Waals surface area contributed by atoms with E-state index in [1.54, 1.807) is 17.4 Å². The molecule has 10 heteroatoms. The van der Waals surface area contributed by atoms with Gasteiger partial charge in [-0.25, -0.2) is 0 Å². The number of ether oxygens (including phenoxy) is 1. The van der Waals surface area contributed by atoms with Gasteiger partial charge in [-0.2, -0.15) is 0 Å². The summed E-state index contributed by atoms with van der Waals surface area (Å²) in [6.07, 6.45) is -0.487. The predicted octanol–water partition coefficient (Wildman–Crippen LogP) is 4.10. The summed E-state index contributed by atoms with van der Waals surface area (Å²) in [5, 5.41) is 4.46. The largest absolute Gasteiger partial charge is 0.573 e. The molecule has 180 valence electrons. The van der Waals surface area contributed by atoms with Gasteiger partial charge in [-0.3, -0.25) is 9.79 Å². The highest BCUT2D eigenvalue weighted by Gasteiger charge is 2.46. The Bertz CT molecular complexity index is 1130. The van der Waals surface area contributed by atoms with E-state index in [0.29, 0.717) is 37.2 Å². The van der Waals surface area contributed by atoms with Gasteiger partial charge >= 0.3 is 6.36 Å². The van der Waals surface area contributed by atoms with Gasteiger partial charge in [0.15, 0.2) is 0 Å². The monoisotopic (exact) mass is 474 g/mol. The van der Waals surface area contributed by atoms with Crippen LogP contribution < -0.4 is 15.8 Å². The first-order valence-corrected chi connectivity index (χ1v) is 10.8. The van der Waals surface area contributed by atoms with Crippen LogP contribution in [0.1, 0.15) is 35.1 Å². The van der Waals surface area contributed by atoms with Crippen LogP contribution in [0.15, 0.2) is 47.7 Å². The second-order valence-electron chi connectivity index (χ2n) is 8.43. The van der Waals surface area contributed by atoms with E-state index in [9.17, 15) is 18.0 Å². The summed E-state index contributed by atoms with van der Waals surface area (Å²) in [7, 11) is 0. The molecule has 2 aliphatic heterocycles. The third-order valence-electron chi connectivity index (χ3n) is 5.93. The number of nitrogens with two attached hydrogens (primary N) is 1. The van der Waals surface area contributed by atoms with Gasteiger partial charge in [0, 0.05) is 24.3 Å². The highest BCUT2D eigenvalue weighted by atomic mass is 19.4. The van der Waals surface area contributed by atoms with Crippen molar-refractivity contribution >= 4 is 23.5 Å². The minimum atomic E-state index is -4.80. The maximum absolute atomic E-state index is 12.7. The normalized spacial score (nSPS) is 18.3. The molecule has 0 aliphatic carbocycles. The fraction of sp³-hybridized carbons (Fsp3) is 0.333. The van der Waals surface area contributed by atoms with Crippen molar-refractivity contribution in [1.29, 1.82) is 0 Å². The lowest BCUT2D eigenvalue weighted by Gasteiger charge is -2.33. The Labute approximate surface area is 195 Å². The molecule has 2 aliphatic rings. The first kappa shape index (κ1) is 23.6. The summed E-state index contributed by atoms with van der Waals surface area (Å²) in [6, 6.07) is 9.19. The van der Waals surface area contributed by atoms with Gasteiger partial charge in [0.25, 0.3) is 5.91 Å². The fourth-order valence-corrected chi connectivity index (χ4v) is 4.25. The van der Waals surface area contributed by atoms with Crippen LogP contribution in [-0.2, 0) is 9.63 Å². The quantitative estimate of drug-likeness (QED) is 0.503. The first-order chi connectivity index (χ1) is 16.0. The summed E-state index contributed by atoms with van der Waals surface area (Å²) >= 11 is 0. The number of nitrogen functional groups attached to an aromatic ring is 1. The van der Waals surface area contributed by atoms with Crippen LogP contribution in [0.4, 0.5) is 18.9 Å². The molecule has 1 saturated heterocycles. The zero-order valence-corrected chi connectivity index (χ0v) is 18.8. The average Bonchev–Trinajstić information content (AvgIpc) is 3.06. The molecule has 1 amide bonds. The number of alkyl halides is 3. The average molecular weight is 474 g/mol. The Morgan fingerprint density at radius 2 is 1.82 bits per heavy atom. The van der Waals surface area contributed by atoms with Gasteiger partial charge in [-0.15, -0.1) is 18.2 Å². The predicted molar refractivity (Wildman–Crippen MR) is 122 cm³/mol. The molecule has 4 rings (SSSR count). The van der Waals surface area contributed by atoms with Crippen molar-refractivity contribution in [3.05, 3.63) is 64.9 Å². The highest BCUT2D eigenvalue weighted by Crippen LogP contribution is 2.32. The van der Waals surface area contributed by atoms with E-state index in [-0.39, 0.29) is 17.5 Å². The van der Waals surface area contributed by atoms with Gasteiger partial charge in [0.05, 0.1) is 0 Å². The van der Waals surface area contributed by atoms with Crippen molar-refractivity contribution in [2.24, 2.45) is 4.99 Å². The van der Waals surface area contributed by atoms with Gasteiger partial charge in [0.2, 0.25) is 0 Å². The molecule has 0 saturated carbocycles. The molecule has 34 heavy (non-hydrogen) atoms. The highest BCUT2D eigenvalue weighted by molar-refractivity contribution is 6.15. The molecule has 3 N–H and O–H groups in total. The number of benzene rings is 2. The number of carbonyl (C=O) groups excluding carboxylic acids is 1. The van der Waals surface area contributed by atoms with Gasteiger partial charge in [0.1, 0.15) is 23.4 Å². The van der Waals surface area contributed by atoms with Crippen molar-refractivity contribution in [2.75, 3.05) is 18.8 Å². The van der Waals surface area contributed by atoms with Crippen LogP contribution in [0.5, 0.6) is 5.75 Å². The zero-order valence-electron chi connectivity index (χ0n) is 18.8. The minimum absolute atomic E-state index is 0.237.